The van der Waals surface area contributed by atoms with Crippen LogP contribution in [0.2, 0.25) is 0 Å². The van der Waals surface area contributed by atoms with Gasteiger partial charge in [-0.25, -0.2) is 4.98 Å². The summed E-state index contributed by atoms with van der Waals surface area (Å²) in [4.78, 5) is 16.7. The number of benzene rings is 2. The molecule has 132 valence electrons. The first kappa shape index (κ1) is 17.9. The Hall–Kier alpha value is -2.92. The van der Waals surface area contributed by atoms with E-state index in [-0.39, 0.29) is 11.9 Å². The van der Waals surface area contributed by atoms with E-state index < -0.39 is 0 Å². The lowest BCUT2D eigenvalue weighted by molar-refractivity contribution is -0.117. The Bertz CT molecular complexity index is 886. The van der Waals surface area contributed by atoms with Gasteiger partial charge >= 0.3 is 0 Å². The molecule has 0 unspecified atom stereocenters. The van der Waals surface area contributed by atoms with Gasteiger partial charge < -0.3 is 10.1 Å². The second-order valence-electron chi connectivity index (χ2n) is 5.78. The van der Waals surface area contributed by atoms with Crippen molar-refractivity contribution in [2.75, 3.05) is 7.11 Å². The number of carbonyl (C=O) groups excluding carboxylic acids is 1. The number of hydrogen-bond donors (Lipinski definition) is 1. The van der Waals surface area contributed by atoms with E-state index in [2.05, 4.69) is 10.3 Å². The second-order valence-corrected chi connectivity index (χ2v) is 6.64. The first-order valence-corrected chi connectivity index (χ1v) is 9.17. The Morgan fingerprint density at radius 3 is 2.58 bits per heavy atom. The van der Waals surface area contributed by atoms with Gasteiger partial charge in [-0.05, 0) is 42.8 Å². The number of nitrogens with zero attached hydrogens (tertiary/aromatic N) is 1. The molecule has 0 saturated heterocycles. The summed E-state index contributed by atoms with van der Waals surface area (Å²) in [6.07, 6.45) is 3.25. The van der Waals surface area contributed by atoms with Crippen molar-refractivity contribution in [1.82, 2.24) is 10.3 Å². The van der Waals surface area contributed by atoms with Crippen LogP contribution in [-0.4, -0.2) is 18.0 Å². The predicted octanol–water partition coefficient (Wildman–Crippen LogP) is 4.71. The highest BCUT2D eigenvalue weighted by Crippen LogP contribution is 2.26. The monoisotopic (exact) mass is 364 g/mol. The molecule has 3 aromatic rings. The summed E-state index contributed by atoms with van der Waals surface area (Å²) in [5.74, 6) is 0.676. The zero-order chi connectivity index (χ0) is 18.4. The van der Waals surface area contributed by atoms with Gasteiger partial charge in [-0.3, -0.25) is 4.79 Å². The zero-order valence-corrected chi connectivity index (χ0v) is 15.5. The van der Waals surface area contributed by atoms with Crippen molar-refractivity contribution in [1.29, 1.82) is 0 Å². The van der Waals surface area contributed by atoms with Crippen LogP contribution in [0.15, 0.2) is 66.1 Å². The minimum Gasteiger partial charge on any atom is -0.497 e. The van der Waals surface area contributed by atoms with E-state index in [0.29, 0.717) is 0 Å². The van der Waals surface area contributed by atoms with Crippen molar-refractivity contribution in [2.24, 2.45) is 0 Å². The largest absolute Gasteiger partial charge is 0.497 e. The highest BCUT2D eigenvalue weighted by Gasteiger charge is 2.07. The molecule has 0 spiro atoms. The minimum atomic E-state index is -0.139. The van der Waals surface area contributed by atoms with Crippen LogP contribution in [0.25, 0.3) is 16.6 Å². The molecule has 0 fully saturated rings. The molecule has 0 aliphatic heterocycles. The smallest absolute Gasteiger partial charge is 0.244 e. The first-order valence-electron chi connectivity index (χ1n) is 8.29. The molecule has 26 heavy (non-hydrogen) atoms. The van der Waals surface area contributed by atoms with E-state index in [9.17, 15) is 4.79 Å². The lowest BCUT2D eigenvalue weighted by Gasteiger charge is -2.12. The van der Waals surface area contributed by atoms with Crippen molar-refractivity contribution in [3.63, 3.8) is 0 Å². The molecule has 0 bridgehead atoms. The fourth-order valence-electron chi connectivity index (χ4n) is 2.48. The molecular formula is C21H20N2O2S. The van der Waals surface area contributed by atoms with Gasteiger partial charge in [-0.15, -0.1) is 11.3 Å². The molecule has 0 aliphatic carbocycles. The standard InChI is InChI=1S/C21H20N2O2S/c1-15(16-6-4-3-5-7-16)22-20(24)13-10-18-14-26-21(23-18)17-8-11-19(25-2)12-9-17/h3-15H,1-2H3,(H,22,24)/b13-10+/t15-/m1/s1. The number of thiazole rings is 1. The summed E-state index contributed by atoms with van der Waals surface area (Å²) in [5, 5.41) is 5.80. The fraction of sp³-hybridized carbons (Fsp3) is 0.143. The zero-order valence-electron chi connectivity index (χ0n) is 14.7. The van der Waals surface area contributed by atoms with Gasteiger partial charge in [0.15, 0.2) is 0 Å². The molecule has 2 aromatic carbocycles. The van der Waals surface area contributed by atoms with Gasteiger partial charge in [0.1, 0.15) is 10.8 Å². The Morgan fingerprint density at radius 1 is 1.15 bits per heavy atom. The molecule has 1 heterocycles. The lowest BCUT2D eigenvalue weighted by Crippen LogP contribution is -2.24. The predicted molar refractivity (Wildman–Crippen MR) is 106 cm³/mol. The molecule has 3 rings (SSSR count). The number of methoxy groups -OCH3 is 1. The number of aromatic nitrogens is 1. The summed E-state index contributed by atoms with van der Waals surface area (Å²) in [6, 6.07) is 17.6. The average Bonchev–Trinajstić information content (AvgIpc) is 3.16. The maximum atomic E-state index is 12.1. The van der Waals surface area contributed by atoms with Crippen molar-refractivity contribution >= 4 is 23.3 Å². The Morgan fingerprint density at radius 2 is 1.88 bits per heavy atom. The third kappa shape index (κ3) is 4.58. The maximum absolute atomic E-state index is 12.1. The van der Waals surface area contributed by atoms with E-state index in [1.165, 1.54) is 6.08 Å². The van der Waals surface area contributed by atoms with Gasteiger partial charge in [0.25, 0.3) is 0 Å². The molecule has 1 atom stereocenters. The van der Waals surface area contributed by atoms with E-state index in [4.69, 9.17) is 4.74 Å². The van der Waals surface area contributed by atoms with Crippen LogP contribution < -0.4 is 10.1 Å². The lowest BCUT2D eigenvalue weighted by atomic mass is 10.1. The Labute approximate surface area is 157 Å². The van der Waals surface area contributed by atoms with Crippen molar-refractivity contribution < 1.29 is 9.53 Å². The number of amides is 1. The molecule has 5 heteroatoms. The minimum absolute atomic E-state index is 0.0429. The van der Waals surface area contributed by atoms with Crippen molar-refractivity contribution in [3.8, 4) is 16.3 Å². The highest BCUT2D eigenvalue weighted by molar-refractivity contribution is 7.13. The van der Waals surface area contributed by atoms with Gasteiger partial charge in [0, 0.05) is 17.0 Å². The summed E-state index contributed by atoms with van der Waals surface area (Å²) < 4.78 is 5.17. The quantitative estimate of drug-likeness (QED) is 0.645. The summed E-state index contributed by atoms with van der Waals surface area (Å²) in [6.45, 7) is 1.96. The molecule has 4 nitrogen and oxygen atoms in total. The van der Waals surface area contributed by atoms with Crippen LogP contribution in [0.1, 0.15) is 24.2 Å². The SMILES string of the molecule is COc1ccc(-c2nc(/C=C/C(=O)N[C@H](C)c3ccccc3)cs2)cc1. The van der Waals surface area contributed by atoms with Crippen molar-refractivity contribution in [2.45, 2.75) is 13.0 Å². The molecule has 1 N–H and O–H groups in total. The van der Waals surface area contributed by atoms with Crippen LogP contribution in [0.3, 0.4) is 0 Å². The molecule has 0 saturated carbocycles. The second kappa shape index (κ2) is 8.45. The fourth-order valence-corrected chi connectivity index (χ4v) is 3.27. The normalized spacial score (nSPS) is 12.1. The van der Waals surface area contributed by atoms with E-state index in [1.54, 1.807) is 24.5 Å². The van der Waals surface area contributed by atoms with E-state index in [1.807, 2.05) is 66.9 Å². The summed E-state index contributed by atoms with van der Waals surface area (Å²) in [5.41, 5.74) is 2.87. The number of nitrogens with one attached hydrogen (secondary N) is 1. The van der Waals surface area contributed by atoms with Crippen LogP contribution in [0.5, 0.6) is 5.75 Å². The molecule has 1 aromatic heterocycles. The van der Waals surface area contributed by atoms with Crippen LogP contribution in [-0.2, 0) is 4.79 Å². The van der Waals surface area contributed by atoms with E-state index in [0.717, 1.165) is 27.6 Å². The number of carbonyl (C=O) groups is 1. The number of rotatable bonds is 6. The Kier molecular flexibility index (Phi) is 5.81. The maximum Gasteiger partial charge on any atom is 0.244 e. The van der Waals surface area contributed by atoms with Gasteiger partial charge in [-0.1, -0.05) is 30.3 Å². The topological polar surface area (TPSA) is 51.2 Å². The molecule has 1 amide bonds. The van der Waals surface area contributed by atoms with Crippen LogP contribution in [0.4, 0.5) is 0 Å². The number of hydrogen-bond acceptors (Lipinski definition) is 4. The highest BCUT2D eigenvalue weighted by atomic mass is 32.1. The van der Waals surface area contributed by atoms with Gasteiger partial charge in [0.2, 0.25) is 5.91 Å². The van der Waals surface area contributed by atoms with Crippen molar-refractivity contribution in [3.05, 3.63) is 77.3 Å². The summed E-state index contributed by atoms with van der Waals surface area (Å²) >= 11 is 1.54. The first-order chi connectivity index (χ1) is 12.7. The molecule has 0 radical (unpaired) electrons. The third-order valence-electron chi connectivity index (χ3n) is 3.92. The summed E-state index contributed by atoms with van der Waals surface area (Å²) in [7, 11) is 1.64. The van der Waals surface area contributed by atoms with Crippen LogP contribution >= 0.6 is 11.3 Å². The average molecular weight is 364 g/mol. The molecular weight excluding hydrogens is 344 g/mol. The van der Waals surface area contributed by atoms with Gasteiger partial charge in [0.05, 0.1) is 18.8 Å². The van der Waals surface area contributed by atoms with E-state index >= 15 is 0 Å². The van der Waals surface area contributed by atoms with Crippen LogP contribution in [0, 0.1) is 0 Å². The molecule has 0 aliphatic rings. The number of ether oxygens (including phenoxy) is 1. The third-order valence-corrected chi connectivity index (χ3v) is 4.83. The van der Waals surface area contributed by atoms with Gasteiger partial charge in [-0.2, -0.15) is 0 Å². The Balaban J connectivity index is 1.61.